The molecule has 1 atom stereocenters. The Balaban J connectivity index is 2.26. The summed E-state index contributed by atoms with van der Waals surface area (Å²) in [5.41, 5.74) is 3.62. The molecule has 0 amide bonds. The summed E-state index contributed by atoms with van der Waals surface area (Å²) < 4.78 is 5.89. The Morgan fingerprint density at radius 3 is 2.60 bits per heavy atom. The minimum atomic E-state index is -1.03. The monoisotopic (exact) mass is 220 g/mol. The van der Waals surface area contributed by atoms with Crippen LogP contribution in [-0.2, 0) is 10.8 Å². The lowest BCUT2D eigenvalue weighted by Crippen LogP contribution is -2.15. The maximum Gasteiger partial charge on any atom is 0.200 e. The minimum Gasteiger partial charge on any atom is -0.416 e. The lowest BCUT2D eigenvalue weighted by Gasteiger charge is -2.10. The van der Waals surface area contributed by atoms with Gasteiger partial charge in [0, 0.05) is 6.61 Å². The van der Waals surface area contributed by atoms with Gasteiger partial charge < -0.3 is 4.43 Å². The van der Waals surface area contributed by atoms with E-state index in [1.165, 1.54) is 11.6 Å². The van der Waals surface area contributed by atoms with E-state index in [-0.39, 0.29) is 0 Å². The van der Waals surface area contributed by atoms with E-state index in [2.05, 4.69) is 49.9 Å². The predicted molar refractivity (Wildman–Crippen MR) is 68.5 cm³/mol. The van der Waals surface area contributed by atoms with E-state index >= 15 is 0 Å². The molecule has 0 aliphatic heterocycles. The number of hydrogen-bond acceptors (Lipinski definition) is 1. The van der Waals surface area contributed by atoms with Gasteiger partial charge in [0.2, 0.25) is 9.04 Å². The van der Waals surface area contributed by atoms with Crippen molar-refractivity contribution in [3.8, 4) is 0 Å². The quantitative estimate of drug-likeness (QED) is 0.669. The molecule has 0 heterocycles. The van der Waals surface area contributed by atoms with Crippen LogP contribution in [0.25, 0.3) is 0 Å². The van der Waals surface area contributed by atoms with Gasteiger partial charge in [-0.15, -0.1) is 0 Å². The smallest absolute Gasteiger partial charge is 0.200 e. The number of hydrogen-bond donors (Lipinski definition) is 0. The van der Waals surface area contributed by atoms with Crippen molar-refractivity contribution in [1.82, 2.24) is 0 Å². The van der Waals surface area contributed by atoms with Crippen molar-refractivity contribution in [2.24, 2.45) is 0 Å². The van der Waals surface area contributed by atoms with Crippen molar-refractivity contribution >= 4 is 9.04 Å². The van der Waals surface area contributed by atoms with Crippen LogP contribution in [-0.4, -0.2) is 15.6 Å². The number of allylic oxidation sites excluding steroid dienone is 1. The van der Waals surface area contributed by atoms with Crippen LogP contribution in [0.4, 0.5) is 0 Å². The lowest BCUT2D eigenvalue weighted by molar-refractivity contribution is 0.330. The van der Waals surface area contributed by atoms with E-state index in [0.717, 1.165) is 13.0 Å². The SMILES string of the molecule is CC=C[SiH](CC)OCCc1ccccc1. The first-order valence-corrected chi connectivity index (χ1v) is 7.60. The molecule has 0 spiro atoms. The molecule has 15 heavy (non-hydrogen) atoms. The number of benzene rings is 1. The average Bonchev–Trinajstić information content (AvgIpc) is 2.29. The van der Waals surface area contributed by atoms with Gasteiger partial charge in [0.05, 0.1) is 0 Å². The topological polar surface area (TPSA) is 9.23 Å². The van der Waals surface area contributed by atoms with Crippen LogP contribution in [0.15, 0.2) is 42.1 Å². The van der Waals surface area contributed by atoms with E-state index in [1.54, 1.807) is 0 Å². The van der Waals surface area contributed by atoms with Crippen molar-refractivity contribution in [2.75, 3.05) is 6.61 Å². The van der Waals surface area contributed by atoms with E-state index < -0.39 is 9.04 Å². The molecule has 0 N–H and O–H groups in total. The van der Waals surface area contributed by atoms with Gasteiger partial charge in [-0.05, 0) is 25.0 Å². The van der Waals surface area contributed by atoms with Crippen LogP contribution < -0.4 is 0 Å². The summed E-state index contributed by atoms with van der Waals surface area (Å²) in [4.78, 5) is 0. The second kappa shape index (κ2) is 7.43. The first-order chi connectivity index (χ1) is 7.36. The van der Waals surface area contributed by atoms with E-state index in [1.807, 2.05) is 6.07 Å². The summed E-state index contributed by atoms with van der Waals surface area (Å²) in [5, 5.41) is 0. The Labute approximate surface area is 94.5 Å². The number of rotatable bonds is 6. The summed E-state index contributed by atoms with van der Waals surface area (Å²) in [6, 6.07) is 11.7. The first-order valence-electron chi connectivity index (χ1n) is 5.65. The normalized spacial score (nSPS) is 13.2. The third kappa shape index (κ3) is 4.95. The van der Waals surface area contributed by atoms with Crippen LogP contribution >= 0.6 is 0 Å². The summed E-state index contributed by atoms with van der Waals surface area (Å²) in [5.74, 6) is 0. The molecule has 1 nitrogen and oxygen atoms in total. The maximum absolute atomic E-state index is 5.89. The molecule has 1 rings (SSSR count). The molecule has 0 fully saturated rings. The Morgan fingerprint density at radius 1 is 1.27 bits per heavy atom. The molecule has 0 aliphatic carbocycles. The summed E-state index contributed by atoms with van der Waals surface area (Å²) in [7, 11) is -1.03. The zero-order chi connectivity index (χ0) is 10.9. The molecule has 1 aromatic carbocycles. The minimum absolute atomic E-state index is 0.860. The third-order valence-electron chi connectivity index (χ3n) is 2.37. The molecule has 2 heteroatoms. The lowest BCUT2D eigenvalue weighted by atomic mass is 10.2. The molecule has 0 saturated heterocycles. The van der Waals surface area contributed by atoms with Gasteiger partial charge in [-0.1, -0.05) is 49.0 Å². The molecule has 1 aromatic rings. The van der Waals surface area contributed by atoms with Crippen molar-refractivity contribution < 1.29 is 4.43 Å². The Kier molecular flexibility index (Phi) is 6.05. The highest BCUT2D eigenvalue weighted by molar-refractivity contribution is 6.57. The predicted octanol–water partition coefficient (Wildman–Crippen LogP) is 3.10. The molecule has 0 saturated carbocycles. The van der Waals surface area contributed by atoms with E-state index in [0.29, 0.717) is 0 Å². The zero-order valence-corrected chi connectivity index (χ0v) is 10.8. The Morgan fingerprint density at radius 2 is 2.00 bits per heavy atom. The maximum atomic E-state index is 5.89. The fourth-order valence-electron chi connectivity index (χ4n) is 1.50. The van der Waals surface area contributed by atoms with Crippen LogP contribution in [0.3, 0.4) is 0 Å². The van der Waals surface area contributed by atoms with E-state index in [4.69, 9.17) is 4.43 Å². The molecule has 0 aliphatic rings. The van der Waals surface area contributed by atoms with Crippen LogP contribution in [0.1, 0.15) is 19.4 Å². The largest absolute Gasteiger partial charge is 0.416 e. The van der Waals surface area contributed by atoms with Crippen molar-refractivity contribution in [2.45, 2.75) is 26.3 Å². The van der Waals surface area contributed by atoms with Gasteiger partial charge in [0.15, 0.2) is 0 Å². The van der Waals surface area contributed by atoms with Crippen molar-refractivity contribution in [1.29, 1.82) is 0 Å². The second-order valence-corrected chi connectivity index (χ2v) is 6.19. The Bertz CT molecular complexity index is 282. The highest BCUT2D eigenvalue weighted by atomic mass is 28.3. The summed E-state index contributed by atoms with van der Waals surface area (Å²) >= 11 is 0. The van der Waals surface area contributed by atoms with Gasteiger partial charge in [-0.25, -0.2) is 0 Å². The van der Waals surface area contributed by atoms with Crippen molar-refractivity contribution in [3.63, 3.8) is 0 Å². The van der Waals surface area contributed by atoms with Crippen molar-refractivity contribution in [3.05, 3.63) is 47.7 Å². The van der Waals surface area contributed by atoms with Crippen LogP contribution in [0, 0.1) is 0 Å². The first kappa shape index (κ1) is 12.2. The summed E-state index contributed by atoms with van der Waals surface area (Å²) in [6.45, 7) is 5.13. The fourth-order valence-corrected chi connectivity index (χ4v) is 2.97. The highest BCUT2D eigenvalue weighted by Crippen LogP contribution is 2.02. The van der Waals surface area contributed by atoms with Gasteiger partial charge >= 0.3 is 0 Å². The zero-order valence-electron chi connectivity index (χ0n) is 9.65. The average molecular weight is 220 g/mol. The van der Waals surface area contributed by atoms with Crippen LogP contribution in [0.2, 0.25) is 6.04 Å². The molecule has 0 aromatic heterocycles. The Hall–Kier alpha value is -0.863. The molecule has 82 valence electrons. The van der Waals surface area contributed by atoms with Gasteiger partial charge in [-0.2, -0.15) is 0 Å². The fraction of sp³-hybridized carbons (Fsp3) is 0.385. The van der Waals surface area contributed by atoms with Gasteiger partial charge in [-0.3, -0.25) is 0 Å². The molecule has 0 radical (unpaired) electrons. The van der Waals surface area contributed by atoms with Gasteiger partial charge in [0.1, 0.15) is 0 Å². The van der Waals surface area contributed by atoms with Gasteiger partial charge in [0.25, 0.3) is 0 Å². The molecule has 1 unspecified atom stereocenters. The second-order valence-electron chi connectivity index (χ2n) is 3.58. The standard InChI is InChI=1S/C13H20OSi/c1-3-12-15(4-2)14-11-10-13-8-6-5-7-9-13/h3,5-9,12,15H,4,10-11H2,1-2H3. The van der Waals surface area contributed by atoms with E-state index in [9.17, 15) is 0 Å². The molecule has 0 bridgehead atoms. The summed E-state index contributed by atoms with van der Waals surface area (Å²) in [6.07, 6.45) is 3.14. The molecular weight excluding hydrogens is 200 g/mol. The highest BCUT2D eigenvalue weighted by Gasteiger charge is 2.03. The third-order valence-corrected chi connectivity index (χ3v) is 4.66. The van der Waals surface area contributed by atoms with Crippen LogP contribution in [0.5, 0.6) is 0 Å². The molecular formula is C13H20OSi.